The van der Waals surface area contributed by atoms with Crippen LogP contribution >= 0.6 is 23.4 Å². The van der Waals surface area contributed by atoms with Crippen molar-refractivity contribution in [1.82, 2.24) is 24.9 Å². The summed E-state index contributed by atoms with van der Waals surface area (Å²) in [6.45, 7) is 0. The number of fused-ring (bicyclic) bond motifs is 1. The molecule has 0 atom stereocenters. The van der Waals surface area contributed by atoms with E-state index < -0.39 is 0 Å². The molecule has 0 radical (unpaired) electrons. The predicted molar refractivity (Wildman–Crippen MR) is 65.1 cm³/mol. The highest BCUT2D eigenvalue weighted by Gasteiger charge is 2.08. The van der Waals surface area contributed by atoms with Crippen LogP contribution < -0.4 is 0 Å². The number of aromatic nitrogens is 5. The number of rotatable bonds is 2. The smallest absolute Gasteiger partial charge is 0.181 e. The number of pyridine rings is 1. The van der Waals surface area contributed by atoms with Crippen LogP contribution in [-0.2, 0) is 0 Å². The van der Waals surface area contributed by atoms with Gasteiger partial charge in [-0.05, 0) is 23.9 Å². The molecular formula is C10H6ClN5S. The zero-order chi connectivity index (χ0) is 11.7. The molecule has 3 rings (SSSR count). The van der Waals surface area contributed by atoms with E-state index in [4.69, 9.17) is 11.6 Å². The van der Waals surface area contributed by atoms with Crippen LogP contribution in [0, 0.1) is 0 Å². The van der Waals surface area contributed by atoms with Crippen LogP contribution in [0.15, 0.2) is 40.9 Å². The van der Waals surface area contributed by atoms with Gasteiger partial charge in [-0.25, -0.2) is 19.9 Å². The summed E-state index contributed by atoms with van der Waals surface area (Å²) in [5, 5.41) is 2.03. The molecule has 7 heteroatoms. The monoisotopic (exact) mass is 263 g/mol. The second kappa shape index (κ2) is 4.31. The van der Waals surface area contributed by atoms with Crippen LogP contribution in [-0.4, -0.2) is 24.9 Å². The largest absolute Gasteiger partial charge is 0.341 e. The molecule has 0 fully saturated rings. The normalized spacial score (nSPS) is 10.9. The minimum absolute atomic E-state index is 0.463. The Labute approximate surface area is 106 Å². The van der Waals surface area contributed by atoms with Crippen molar-refractivity contribution < 1.29 is 0 Å². The first-order valence-electron chi connectivity index (χ1n) is 4.77. The topological polar surface area (TPSA) is 67.3 Å². The molecule has 3 aromatic rings. The summed E-state index contributed by atoms with van der Waals surface area (Å²) in [4.78, 5) is 19.5. The van der Waals surface area contributed by atoms with E-state index in [1.54, 1.807) is 12.4 Å². The highest BCUT2D eigenvalue weighted by molar-refractivity contribution is 7.99. The molecule has 5 nitrogen and oxygen atoms in total. The van der Waals surface area contributed by atoms with E-state index in [-0.39, 0.29) is 0 Å². The van der Waals surface area contributed by atoms with Gasteiger partial charge in [-0.2, -0.15) is 0 Å². The second-order valence-electron chi connectivity index (χ2n) is 3.18. The molecule has 17 heavy (non-hydrogen) atoms. The Morgan fingerprint density at radius 2 is 2.12 bits per heavy atom. The Balaban J connectivity index is 2.02. The van der Waals surface area contributed by atoms with Gasteiger partial charge in [0.25, 0.3) is 0 Å². The Morgan fingerprint density at radius 1 is 1.18 bits per heavy atom. The maximum Gasteiger partial charge on any atom is 0.181 e. The summed E-state index contributed by atoms with van der Waals surface area (Å²) in [5.41, 5.74) is 1.45. The summed E-state index contributed by atoms with van der Waals surface area (Å²) >= 11 is 7.25. The van der Waals surface area contributed by atoms with Gasteiger partial charge in [0.15, 0.2) is 5.65 Å². The van der Waals surface area contributed by atoms with E-state index in [2.05, 4.69) is 24.9 Å². The van der Waals surface area contributed by atoms with Crippen molar-refractivity contribution >= 4 is 34.5 Å². The number of halogens is 1. The lowest BCUT2D eigenvalue weighted by Gasteiger charge is -2.00. The number of hydrogen-bond acceptors (Lipinski definition) is 5. The third kappa shape index (κ3) is 2.09. The van der Waals surface area contributed by atoms with E-state index in [1.807, 2.05) is 12.1 Å². The van der Waals surface area contributed by atoms with Gasteiger partial charge in [-0.3, -0.25) is 0 Å². The lowest BCUT2D eigenvalue weighted by molar-refractivity contribution is 1.07. The number of nitrogens with zero attached hydrogens (tertiary/aromatic N) is 4. The fourth-order valence-corrected chi connectivity index (χ4v) is 2.42. The molecule has 0 aliphatic rings. The molecule has 0 aliphatic heterocycles. The summed E-state index contributed by atoms with van der Waals surface area (Å²) < 4.78 is 0. The molecule has 3 heterocycles. The minimum atomic E-state index is 0.463. The number of H-pyrrole nitrogens is 1. The van der Waals surface area contributed by atoms with Crippen molar-refractivity contribution in [2.45, 2.75) is 10.1 Å². The van der Waals surface area contributed by atoms with Gasteiger partial charge in [-0.1, -0.05) is 17.7 Å². The highest BCUT2D eigenvalue weighted by atomic mass is 35.5. The van der Waals surface area contributed by atoms with Gasteiger partial charge >= 0.3 is 0 Å². The van der Waals surface area contributed by atoms with Gasteiger partial charge in [0, 0.05) is 0 Å². The van der Waals surface area contributed by atoms with Crippen molar-refractivity contribution in [2.24, 2.45) is 0 Å². The minimum Gasteiger partial charge on any atom is -0.341 e. The van der Waals surface area contributed by atoms with E-state index in [9.17, 15) is 0 Å². The van der Waals surface area contributed by atoms with Gasteiger partial charge in [0.1, 0.15) is 27.0 Å². The molecule has 0 amide bonds. The van der Waals surface area contributed by atoms with Crippen molar-refractivity contribution in [2.75, 3.05) is 0 Å². The maximum absolute atomic E-state index is 5.83. The third-order valence-electron chi connectivity index (χ3n) is 2.08. The molecule has 0 aromatic carbocycles. The molecule has 0 saturated heterocycles. The van der Waals surface area contributed by atoms with Gasteiger partial charge in [-0.15, -0.1) is 0 Å². The van der Waals surface area contributed by atoms with Crippen LogP contribution in [0.25, 0.3) is 11.2 Å². The summed E-state index contributed by atoms with van der Waals surface area (Å²) in [7, 11) is 0. The SMILES string of the molecule is Clc1cccc(Sc2ncnc3nc[nH]c23)n1. The lowest BCUT2D eigenvalue weighted by Crippen LogP contribution is -1.87. The van der Waals surface area contributed by atoms with E-state index in [0.717, 1.165) is 15.6 Å². The van der Waals surface area contributed by atoms with Crippen LogP contribution in [0.4, 0.5) is 0 Å². The molecule has 0 bridgehead atoms. The summed E-state index contributed by atoms with van der Waals surface area (Å²) in [6, 6.07) is 5.46. The van der Waals surface area contributed by atoms with Gasteiger partial charge in [0.05, 0.1) is 6.33 Å². The van der Waals surface area contributed by atoms with E-state index in [0.29, 0.717) is 10.8 Å². The van der Waals surface area contributed by atoms with Crippen LogP contribution in [0.1, 0.15) is 0 Å². The molecule has 0 saturated carbocycles. The second-order valence-corrected chi connectivity index (χ2v) is 4.58. The molecule has 0 unspecified atom stereocenters. The molecule has 3 aromatic heterocycles. The fourth-order valence-electron chi connectivity index (χ4n) is 1.37. The van der Waals surface area contributed by atoms with Crippen molar-refractivity contribution in [1.29, 1.82) is 0 Å². The summed E-state index contributed by atoms with van der Waals surface area (Å²) in [6.07, 6.45) is 3.07. The Hall–Kier alpha value is -1.66. The first-order chi connectivity index (χ1) is 8.33. The zero-order valence-electron chi connectivity index (χ0n) is 8.46. The Kier molecular flexibility index (Phi) is 2.66. The predicted octanol–water partition coefficient (Wildman–Crippen LogP) is 2.55. The Bertz CT molecular complexity index is 668. The first-order valence-corrected chi connectivity index (χ1v) is 5.97. The number of imidazole rings is 1. The number of aromatic amines is 1. The van der Waals surface area contributed by atoms with E-state index in [1.165, 1.54) is 18.1 Å². The molecule has 1 N–H and O–H groups in total. The van der Waals surface area contributed by atoms with Crippen LogP contribution in [0.3, 0.4) is 0 Å². The number of nitrogens with one attached hydrogen (secondary N) is 1. The average Bonchev–Trinajstić information content (AvgIpc) is 2.78. The van der Waals surface area contributed by atoms with E-state index >= 15 is 0 Å². The van der Waals surface area contributed by atoms with Crippen molar-refractivity contribution in [3.63, 3.8) is 0 Å². The van der Waals surface area contributed by atoms with Crippen LogP contribution in [0.2, 0.25) is 5.15 Å². The van der Waals surface area contributed by atoms with Crippen LogP contribution in [0.5, 0.6) is 0 Å². The molecule has 0 aliphatic carbocycles. The first kappa shape index (κ1) is 10.5. The van der Waals surface area contributed by atoms with Gasteiger partial charge in [0.2, 0.25) is 0 Å². The number of hydrogen-bond donors (Lipinski definition) is 1. The van der Waals surface area contributed by atoms with Crippen molar-refractivity contribution in [3.8, 4) is 0 Å². The standard InChI is InChI=1S/C10H6ClN5S/c11-6-2-1-3-7(16-6)17-10-8-9(13-4-12-8)14-5-15-10/h1-5H,(H,12,13,14,15). The maximum atomic E-state index is 5.83. The third-order valence-corrected chi connectivity index (χ3v) is 3.23. The average molecular weight is 264 g/mol. The zero-order valence-corrected chi connectivity index (χ0v) is 10.0. The fraction of sp³-hybridized carbons (Fsp3) is 0. The Morgan fingerprint density at radius 3 is 3.00 bits per heavy atom. The van der Waals surface area contributed by atoms with Gasteiger partial charge < -0.3 is 4.98 Å². The highest BCUT2D eigenvalue weighted by Crippen LogP contribution is 2.28. The quantitative estimate of drug-likeness (QED) is 0.568. The summed E-state index contributed by atoms with van der Waals surface area (Å²) in [5.74, 6) is 0. The lowest BCUT2D eigenvalue weighted by atomic mass is 10.5. The molecule has 0 spiro atoms. The molecule has 84 valence electrons. The van der Waals surface area contributed by atoms with Crippen molar-refractivity contribution in [3.05, 3.63) is 36.0 Å². The molecular weight excluding hydrogens is 258 g/mol.